The lowest BCUT2D eigenvalue weighted by Crippen LogP contribution is -2.06. The second-order valence-electron chi connectivity index (χ2n) is 4.03. The lowest BCUT2D eigenvalue weighted by atomic mass is 10.0. The molecule has 0 saturated heterocycles. The lowest BCUT2D eigenvalue weighted by molar-refractivity contribution is 0.102. The van der Waals surface area contributed by atoms with Gasteiger partial charge in [-0.2, -0.15) is 0 Å². The zero-order chi connectivity index (χ0) is 12.3. The maximum absolute atomic E-state index is 12.1. The second-order valence-corrected chi connectivity index (χ2v) is 6.33. The smallest absolute Gasteiger partial charge is 0.173 e. The first-order valence-corrected chi connectivity index (χ1v) is 7.54. The van der Waals surface area contributed by atoms with Gasteiger partial charge in [0.2, 0.25) is 0 Å². The number of nitrogens with zero attached hydrogens (tertiary/aromatic N) is 1. The molecular formula is C13H15NOS2. The van der Waals surface area contributed by atoms with Crippen molar-refractivity contribution in [2.45, 2.75) is 13.8 Å². The molecule has 1 aliphatic heterocycles. The van der Waals surface area contributed by atoms with E-state index in [4.69, 9.17) is 0 Å². The molecule has 2 nitrogen and oxygen atoms in total. The number of aryl methyl sites for hydroxylation is 2. The van der Waals surface area contributed by atoms with Crippen molar-refractivity contribution in [1.82, 2.24) is 0 Å². The number of hydrogen-bond donors (Lipinski definition) is 0. The summed E-state index contributed by atoms with van der Waals surface area (Å²) in [6, 6.07) is 6.02. The molecule has 0 atom stereocenters. The first kappa shape index (κ1) is 12.7. The molecule has 0 fully saturated rings. The summed E-state index contributed by atoms with van der Waals surface area (Å²) in [4.78, 5) is 16.4. The van der Waals surface area contributed by atoms with Crippen molar-refractivity contribution in [3.63, 3.8) is 0 Å². The fourth-order valence-electron chi connectivity index (χ4n) is 1.64. The van der Waals surface area contributed by atoms with Gasteiger partial charge in [-0.25, -0.2) is 0 Å². The van der Waals surface area contributed by atoms with Crippen molar-refractivity contribution >= 4 is 33.7 Å². The molecule has 1 aliphatic rings. The maximum Gasteiger partial charge on any atom is 0.173 e. The fourth-order valence-corrected chi connectivity index (χ4v) is 3.54. The van der Waals surface area contributed by atoms with Crippen LogP contribution in [-0.2, 0) is 0 Å². The van der Waals surface area contributed by atoms with Crippen LogP contribution in [0.25, 0.3) is 0 Å². The minimum atomic E-state index is 0.200. The van der Waals surface area contributed by atoms with Gasteiger partial charge in [0.25, 0.3) is 0 Å². The van der Waals surface area contributed by atoms with Crippen LogP contribution in [0, 0.1) is 13.8 Å². The number of rotatable bonds is 3. The van der Waals surface area contributed by atoms with E-state index >= 15 is 0 Å². The topological polar surface area (TPSA) is 29.4 Å². The standard InChI is InChI=1S/C13H15NOS2/c1-9-3-4-10(2)11(7-9)12(15)8-17-13-14-5-6-16-13/h3-4,7H,5-6,8H2,1-2H3. The number of benzene rings is 1. The molecule has 1 aromatic carbocycles. The SMILES string of the molecule is Cc1ccc(C)c(C(=O)CSC2=NCCS2)c1. The quantitative estimate of drug-likeness (QED) is 0.785. The molecule has 0 N–H and O–H groups in total. The summed E-state index contributed by atoms with van der Waals surface area (Å²) < 4.78 is 1.06. The third-order valence-corrected chi connectivity index (χ3v) is 4.83. The van der Waals surface area contributed by atoms with Gasteiger partial charge in [0.1, 0.15) is 4.38 Å². The Kier molecular flexibility index (Phi) is 4.29. The van der Waals surface area contributed by atoms with Gasteiger partial charge in [0.15, 0.2) is 5.78 Å². The molecule has 0 bridgehead atoms. The number of carbonyl (C=O) groups is 1. The molecule has 4 heteroatoms. The van der Waals surface area contributed by atoms with Gasteiger partial charge in [0, 0.05) is 11.3 Å². The van der Waals surface area contributed by atoms with Gasteiger partial charge < -0.3 is 0 Å². The minimum absolute atomic E-state index is 0.200. The van der Waals surface area contributed by atoms with Crippen LogP contribution in [-0.4, -0.2) is 28.2 Å². The minimum Gasteiger partial charge on any atom is -0.293 e. The van der Waals surface area contributed by atoms with Crippen LogP contribution < -0.4 is 0 Å². The van der Waals surface area contributed by atoms with Crippen molar-refractivity contribution in [3.8, 4) is 0 Å². The Balaban J connectivity index is 2.01. The van der Waals surface area contributed by atoms with Crippen LogP contribution >= 0.6 is 23.5 Å². The van der Waals surface area contributed by atoms with E-state index in [1.807, 2.05) is 32.0 Å². The van der Waals surface area contributed by atoms with E-state index in [-0.39, 0.29) is 5.78 Å². The highest BCUT2D eigenvalue weighted by Gasteiger charge is 2.13. The molecule has 1 heterocycles. The molecule has 17 heavy (non-hydrogen) atoms. The Morgan fingerprint density at radius 2 is 2.29 bits per heavy atom. The van der Waals surface area contributed by atoms with Crippen LogP contribution in [0.1, 0.15) is 21.5 Å². The molecule has 0 aromatic heterocycles. The number of thioether (sulfide) groups is 2. The normalized spacial score (nSPS) is 14.8. The zero-order valence-electron chi connectivity index (χ0n) is 10.0. The summed E-state index contributed by atoms with van der Waals surface area (Å²) in [6.45, 7) is 4.89. The molecule has 1 aromatic rings. The number of aliphatic imine (C=N–C) groups is 1. The molecule has 0 amide bonds. The average molecular weight is 265 g/mol. The van der Waals surface area contributed by atoms with Crippen LogP contribution in [0.4, 0.5) is 0 Å². The van der Waals surface area contributed by atoms with Gasteiger partial charge in [-0.1, -0.05) is 41.2 Å². The van der Waals surface area contributed by atoms with Crippen molar-refractivity contribution in [2.75, 3.05) is 18.1 Å². The Hall–Kier alpha value is -0.740. The van der Waals surface area contributed by atoms with Crippen LogP contribution in [0.2, 0.25) is 0 Å². The van der Waals surface area contributed by atoms with E-state index in [1.54, 1.807) is 23.5 Å². The van der Waals surface area contributed by atoms with Gasteiger partial charge >= 0.3 is 0 Å². The summed E-state index contributed by atoms with van der Waals surface area (Å²) in [5.41, 5.74) is 3.04. The van der Waals surface area contributed by atoms with Crippen molar-refractivity contribution in [3.05, 3.63) is 34.9 Å². The summed E-state index contributed by atoms with van der Waals surface area (Å²) >= 11 is 3.31. The summed E-state index contributed by atoms with van der Waals surface area (Å²) in [7, 11) is 0. The Morgan fingerprint density at radius 1 is 1.47 bits per heavy atom. The number of hydrogen-bond acceptors (Lipinski definition) is 4. The lowest BCUT2D eigenvalue weighted by Gasteiger charge is -2.05. The number of Topliss-reactive ketones (excluding diaryl/α,β-unsaturated/α-hetero) is 1. The highest BCUT2D eigenvalue weighted by atomic mass is 32.2. The van der Waals surface area contributed by atoms with Crippen LogP contribution in [0.3, 0.4) is 0 Å². The third kappa shape index (κ3) is 3.36. The van der Waals surface area contributed by atoms with Crippen molar-refractivity contribution in [2.24, 2.45) is 4.99 Å². The van der Waals surface area contributed by atoms with Gasteiger partial charge in [-0.05, 0) is 25.5 Å². The Bertz CT molecular complexity index is 468. The third-order valence-electron chi connectivity index (χ3n) is 2.58. The number of carbonyl (C=O) groups excluding carboxylic acids is 1. The predicted octanol–water partition coefficient (Wildman–Crippen LogP) is 3.32. The molecule has 0 spiro atoms. The molecule has 90 valence electrons. The molecule has 2 rings (SSSR count). The second kappa shape index (κ2) is 5.74. The maximum atomic E-state index is 12.1. The van der Waals surface area contributed by atoms with Crippen LogP contribution in [0.5, 0.6) is 0 Å². The van der Waals surface area contributed by atoms with E-state index in [9.17, 15) is 4.79 Å². The van der Waals surface area contributed by atoms with E-state index in [0.717, 1.165) is 33.4 Å². The Morgan fingerprint density at radius 3 is 3.00 bits per heavy atom. The highest BCUT2D eigenvalue weighted by molar-refractivity contribution is 8.39. The van der Waals surface area contributed by atoms with Gasteiger partial charge in [0.05, 0.1) is 12.3 Å². The molecular weight excluding hydrogens is 250 g/mol. The summed E-state index contributed by atoms with van der Waals surface area (Å²) in [5, 5.41) is 0. The Labute approximate surface area is 110 Å². The molecule has 0 unspecified atom stereocenters. The van der Waals surface area contributed by atoms with E-state index in [2.05, 4.69) is 4.99 Å². The first-order valence-electron chi connectivity index (χ1n) is 5.57. The van der Waals surface area contributed by atoms with E-state index in [1.165, 1.54) is 0 Å². The monoisotopic (exact) mass is 265 g/mol. The van der Waals surface area contributed by atoms with E-state index < -0.39 is 0 Å². The first-order chi connectivity index (χ1) is 8.16. The molecule has 0 aliphatic carbocycles. The van der Waals surface area contributed by atoms with E-state index in [0.29, 0.717) is 5.75 Å². The highest BCUT2D eigenvalue weighted by Crippen LogP contribution is 2.23. The zero-order valence-corrected chi connectivity index (χ0v) is 11.7. The predicted molar refractivity (Wildman–Crippen MR) is 77.5 cm³/mol. The van der Waals surface area contributed by atoms with Crippen LogP contribution in [0.15, 0.2) is 23.2 Å². The fraction of sp³-hybridized carbons (Fsp3) is 0.385. The average Bonchev–Trinajstić information content (AvgIpc) is 2.82. The molecule has 0 radical (unpaired) electrons. The largest absolute Gasteiger partial charge is 0.293 e. The van der Waals surface area contributed by atoms with Crippen molar-refractivity contribution in [1.29, 1.82) is 0 Å². The number of ketones is 1. The summed E-state index contributed by atoms with van der Waals surface area (Å²) in [5.74, 6) is 1.75. The summed E-state index contributed by atoms with van der Waals surface area (Å²) in [6.07, 6.45) is 0. The van der Waals surface area contributed by atoms with Crippen molar-refractivity contribution < 1.29 is 4.79 Å². The van der Waals surface area contributed by atoms with Gasteiger partial charge in [-0.3, -0.25) is 9.79 Å². The molecule has 0 saturated carbocycles. The van der Waals surface area contributed by atoms with Gasteiger partial charge in [-0.15, -0.1) is 0 Å².